The molecule has 88 valence electrons. The summed E-state index contributed by atoms with van der Waals surface area (Å²) in [6.07, 6.45) is 1.79. The minimum Gasteiger partial charge on any atom is -0.385 e. The molecule has 6 heteroatoms. The summed E-state index contributed by atoms with van der Waals surface area (Å²) < 4.78 is 14.4. The zero-order chi connectivity index (χ0) is 12.4. The van der Waals surface area contributed by atoms with Gasteiger partial charge < -0.3 is 5.73 Å². The Bertz CT molecular complexity index is 595. The van der Waals surface area contributed by atoms with E-state index in [1.165, 1.54) is 30.0 Å². The van der Waals surface area contributed by atoms with Crippen molar-refractivity contribution in [1.82, 2.24) is 9.55 Å². The van der Waals surface area contributed by atoms with Gasteiger partial charge in [0.1, 0.15) is 11.6 Å². The topological polar surface area (TPSA) is 60.9 Å². The van der Waals surface area contributed by atoms with Gasteiger partial charge in [-0.05, 0) is 30.5 Å². The van der Waals surface area contributed by atoms with E-state index in [1.807, 2.05) is 0 Å². The molecule has 0 bridgehead atoms. The molecule has 0 radical (unpaired) electrons. The third-order valence-electron chi connectivity index (χ3n) is 2.19. The van der Waals surface area contributed by atoms with E-state index in [1.54, 1.807) is 23.0 Å². The molecule has 0 aliphatic rings. The normalized spacial score (nSPS) is 10.5. The lowest BCUT2D eigenvalue weighted by molar-refractivity contribution is 0.627. The van der Waals surface area contributed by atoms with Crippen molar-refractivity contribution in [2.75, 3.05) is 12.0 Å². The molecular weight excluding hydrogens is 241 g/mol. The highest BCUT2D eigenvalue weighted by Crippen LogP contribution is 2.20. The van der Waals surface area contributed by atoms with Crippen LogP contribution in [-0.2, 0) is 0 Å². The number of nitrogen functional groups attached to an aromatic ring is 1. The highest BCUT2D eigenvalue weighted by molar-refractivity contribution is 7.98. The number of nitrogens with zero attached hydrogens (tertiary/aromatic N) is 2. The molecule has 0 amide bonds. The van der Waals surface area contributed by atoms with Crippen molar-refractivity contribution in [3.63, 3.8) is 0 Å². The zero-order valence-corrected chi connectivity index (χ0v) is 9.87. The van der Waals surface area contributed by atoms with Gasteiger partial charge in [0.15, 0.2) is 5.16 Å². The van der Waals surface area contributed by atoms with Crippen molar-refractivity contribution >= 4 is 17.6 Å². The highest BCUT2D eigenvalue weighted by Gasteiger charge is 2.08. The Morgan fingerprint density at radius 1 is 1.35 bits per heavy atom. The molecule has 1 aromatic carbocycles. The second-order valence-corrected chi connectivity index (χ2v) is 4.09. The SMILES string of the molecule is CSc1nc(=O)cc(N)n1-c1ccc(F)cc1. The van der Waals surface area contributed by atoms with Crippen molar-refractivity contribution in [3.05, 3.63) is 46.5 Å². The van der Waals surface area contributed by atoms with E-state index in [2.05, 4.69) is 4.98 Å². The summed E-state index contributed by atoms with van der Waals surface area (Å²) in [7, 11) is 0. The molecule has 0 saturated carbocycles. The Balaban J connectivity index is 2.65. The molecule has 1 heterocycles. The van der Waals surface area contributed by atoms with Gasteiger partial charge in [-0.2, -0.15) is 4.98 Å². The van der Waals surface area contributed by atoms with Crippen LogP contribution in [0.15, 0.2) is 40.3 Å². The number of thioether (sulfide) groups is 1. The van der Waals surface area contributed by atoms with Gasteiger partial charge in [-0.25, -0.2) is 4.39 Å². The van der Waals surface area contributed by atoms with E-state index in [9.17, 15) is 9.18 Å². The van der Waals surface area contributed by atoms with Crippen LogP contribution in [0.5, 0.6) is 0 Å². The van der Waals surface area contributed by atoms with Gasteiger partial charge in [0.05, 0.1) is 0 Å². The van der Waals surface area contributed by atoms with Crippen LogP contribution in [-0.4, -0.2) is 15.8 Å². The smallest absolute Gasteiger partial charge is 0.275 e. The molecule has 0 spiro atoms. The lowest BCUT2D eigenvalue weighted by Crippen LogP contribution is -2.16. The highest BCUT2D eigenvalue weighted by atomic mass is 32.2. The second kappa shape index (κ2) is 4.58. The van der Waals surface area contributed by atoms with Crippen LogP contribution < -0.4 is 11.3 Å². The van der Waals surface area contributed by atoms with E-state index in [4.69, 9.17) is 5.73 Å². The maximum absolute atomic E-state index is 12.8. The Kier molecular flexibility index (Phi) is 3.14. The number of rotatable bonds is 2. The van der Waals surface area contributed by atoms with Gasteiger partial charge in [0.25, 0.3) is 5.56 Å². The number of aromatic nitrogens is 2. The molecule has 0 unspecified atom stereocenters. The summed E-state index contributed by atoms with van der Waals surface area (Å²) in [5, 5.41) is 0.474. The molecule has 4 nitrogen and oxygen atoms in total. The monoisotopic (exact) mass is 251 g/mol. The summed E-state index contributed by atoms with van der Waals surface area (Å²) in [6.45, 7) is 0. The molecule has 0 aliphatic carbocycles. The Morgan fingerprint density at radius 3 is 2.59 bits per heavy atom. The maximum atomic E-state index is 12.8. The van der Waals surface area contributed by atoms with Gasteiger partial charge in [-0.1, -0.05) is 11.8 Å². The number of hydrogen-bond acceptors (Lipinski definition) is 4. The van der Waals surface area contributed by atoms with Crippen molar-refractivity contribution in [2.45, 2.75) is 5.16 Å². The van der Waals surface area contributed by atoms with Crippen molar-refractivity contribution in [3.8, 4) is 5.69 Å². The van der Waals surface area contributed by atoms with E-state index in [-0.39, 0.29) is 17.2 Å². The molecule has 0 saturated heterocycles. The van der Waals surface area contributed by atoms with E-state index in [0.29, 0.717) is 10.8 Å². The quantitative estimate of drug-likeness (QED) is 0.651. The summed E-state index contributed by atoms with van der Waals surface area (Å²) in [5.74, 6) is -0.0482. The molecule has 2 aromatic rings. The zero-order valence-electron chi connectivity index (χ0n) is 9.05. The second-order valence-electron chi connectivity index (χ2n) is 3.32. The molecule has 2 N–H and O–H groups in total. The fourth-order valence-corrected chi connectivity index (χ4v) is 2.04. The van der Waals surface area contributed by atoms with Crippen LogP contribution in [0.4, 0.5) is 10.2 Å². The standard InChI is InChI=1S/C11H10FN3OS/c1-17-11-14-10(16)6-9(13)15(11)8-4-2-7(12)3-5-8/h2-6H,13H2,1H3. The van der Waals surface area contributed by atoms with Crippen LogP contribution >= 0.6 is 11.8 Å². The fourth-order valence-electron chi connectivity index (χ4n) is 1.46. The van der Waals surface area contributed by atoms with Crippen LogP contribution in [0, 0.1) is 5.82 Å². The van der Waals surface area contributed by atoms with E-state index < -0.39 is 0 Å². The summed E-state index contributed by atoms with van der Waals surface area (Å²) >= 11 is 1.30. The fraction of sp³-hybridized carbons (Fsp3) is 0.0909. The molecule has 0 fully saturated rings. The number of benzene rings is 1. The Hall–Kier alpha value is -1.82. The van der Waals surface area contributed by atoms with Crippen molar-refractivity contribution < 1.29 is 4.39 Å². The van der Waals surface area contributed by atoms with Crippen LogP contribution in [0.25, 0.3) is 5.69 Å². The van der Waals surface area contributed by atoms with Gasteiger partial charge in [0.2, 0.25) is 0 Å². The summed E-state index contributed by atoms with van der Waals surface area (Å²) in [4.78, 5) is 15.1. The predicted octanol–water partition coefficient (Wildman–Crippen LogP) is 1.68. The Labute approximate surface area is 101 Å². The maximum Gasteiger partial charge on any atom is 0.275 e. The first-order chi connectivity index (χ1) is 8.11. The van der Waals surface area contributed by atoms with Gasteiger partial charge >= 0.3 is 0 Å². The van der Waals surface area contributed by atoms with Gasteiger partial charge in [0, 0.05) is 11.8 Å². The average Bonchev–Trinajstić information content (AvgIpc) is 2.30. The average molecular weight is 251 g/mol. The van der Waals surface area contributed by atoms with Crippen LogP contribution in [0.2, 0.25) is 0 Å². The van der Waals surface area contributed by atoms with E-state index >= 15 is 0 Å². The third kappa shape index (κ3) is 2.31. The minimum atomic E-state index is -0.384. The number of anilines is 1. The number of halogens is 1. The predicted molar refractivity (Wildman–Crippen MR) is 66.0 cm³/mol. The Morgan fingerprint density at radius 2 is 2.00 bits per heavy atom. The lowest BCUT2D eigenvalue weighted by atomic mass is 10.3. The third-order valence-corrected chi connectivity index (χ3v) is 2.83. The summed E-state index contributed by atoms with van der Waals surface area (Å²) in [5.41, 5.74) is 6.07. The van der Waals surface area contributed by atoms with Crippen molar-refractivity contribution in [2.24, 2.45) is 0 Å². The molecule has 0 aliphatic heterocycles. The largest absolute Gasteiger partial charge is 0.385 e. The van der Waals surface area contributed by atoms with Crippen LogP contribution in [0.3, 0.4) is 0 Å². The number of nitrogens with two attached hydrogens (primary N) is 1. The first kappa shape index (κ1) is 11.7. The molecule has 1 aromatic heterocycles. The first-order valence-corrected chi connectivity index (χ1v) is 6.04. The molecule has 17 heavy (non-hydrogen) atoms. The van der Waals surface area contributed by atoms with E-state index in [0.717, 1.165) is 0 Å². The minimum absolute atomic E-state index is 0.279. The molecule has 2 rings (SSSR count). The number of hydrogen-bond donors (Lipinski definition) is 1. The van der Waals surface area contributed by atoms with Crippen LogP contribution in [0.1, 0.15) is 0 Å². The van der Waals surface area contributed by atoms with Gasteiger partial charge in [-0.15, -0.1) is 0 Å². The molecule has 0 atom stereocenters. The van der Waals surface area contributed by atoms with Crippen molar-refractivity contribution in [1.29, 1.82) is 0 Å². The summed E-state index contributed by atoms with van der Waals surface area (Å²) in [6, 6.07) is 7.06. The molecular formula is C11H10FN3OS. The van der Waals surface area contributed by atoms with Gasteiger partial charge in [-0.3, -0.25) is 9.36 Å². The lowest BCUT2D eigenvalue weighted by Gasteiger charge is -2.13. The first-order valence-electron chi connectivity index (χ1n) is 4.81.